The van der Waals surface area contributed by atoms with Gasteiger partial charge in [-0.25, -0.2) is 4.98 Å². The number of halogens is 1. The number of ether oxygens (including phenoxy) is 1. The van der Waals surface area contributed by atoms with Crippen LogP contribution in [0, 0.1) is 0 Å². The van der Waals surface area contributed by atoms with Crippen molar-refractivity contribution < 1.29 is 13.7 Å². The Morgan fingerprint density at radius 1 is 1.06 bits per heavy atom. The fourth-order valence-electron chi connectivity index (χ4n) is 5.49. The number of aromatic nitrogens is 2. The first kappa shape index (κ1) is 23.9. The quantitative estimate of drug-likeness (QED) is 0.630. The van der Waals surface area contributed by atoms with Crippen LogP contribution in [0.1, 0.15) is 25.0 Å². The van der Waals surface area contributed by atoms with Crippen molar-refractivity contribution in [3.05, 3.63) is 35.0 Å². The van der Waals surface area contributed by atoms with Crippen LogP contribution >= 0.6 is 11.6 Å². The Balaban J connectivity index is 1.15. The average Bonchev–Trinajstić information content (AvgIpc) is 3.66. The summed E-state index contributed by atoms with van der Waals surface area (Å²) in [5.74, 6) is 2.03. The molecule has 0 bridgehead atoms. The molecule has 0 aliphatic carbocycles. The predicted molar refractivity (Wildman–Crippen MR) is 140 cm³/mol. The van der Waals surface area contributed by atoms with Crippen LogP contribution < -0.4 is 15.1 Å². The van der Waals surface area contributed by atoms with Gasteiger partial charge in [0.05, 0.1) is 16.5 Å². The first-order valence-corrected chi connectivity index (χ1v) is 14.5. The van der Waals surface area contributed by atoms with E-state index in [-0.39, 0.29) is 18.1 Å². The molecular formula is C25H31ClN6O3S. The molecule has 192 valence electrons. The van der Waals surface area contributed by atoms with Gasteiger partial charge >= 0.3 is 0 Å². The molecule has 3 saturated heterocycles. The van der Waals surface area contributed by atoms with Crippen molar-refractivity contribution in [3.63, 3.8) is 0 Å². The summed E-state index contributed by atoms with van der Waals surface area (Å²) in [7, 11) is -1.10. The molecule has 1 aromatic heterocycles. The van der Waals surface area contributed by atoms with Crippen molar-refractivity contribution in [1.29, 1.82) is 0 Å². The van der Waals surface area contributed by atoms with Gasteiger partial charge in [0.25, 0.3) is 5.91 Å². The fraction of sp³-hybridized carbons (Fsp3) is 0.560. The zero-order chi connectivity index (χ0) is 24.6. The molecule has 0 unspecified atom stereocenters. The van der Waals surface area contributed by atoms with Crippen LogP contribution in [0.2, 0.25) is 5.02 Å². The molecule has 11 heteroatoms. The average molecular weight is 531 g/mol. The van der Waals surface area contributed by atoms with Gasteiger partial charge in [0.1, 0.15) is 16.8 Å². The van der Waals surface area contributed by atoms with Crippen molar-refractivity contribution in [2.75, 3.05) is 66.7 Å². The lowest BCUT2D eigenvalue weighted by Gasteiger charge is -2.36. The van der Waals surface area contributed by atoms with E-state index in [4.69, 9.17) is 26.3 Å². The van der Waals surface area contributed by atoms with E-state index in [1.165, 1.54) is 0 Å². The van der Waals surface area contributed by atoms with E-state index >= 15 is 0 Å². The van der Waals surface area contributed by atoms with Crippen molar-refractivity contribution in [1.82, 2.24) is 14.9 Å². The van der Waals surface area contributed by atoms with Crippen LogP contribution in [0.5, 0.6) is 0 Å². The lowest BCUT2D eigenvalue weighted by Crippen LogP contribution is -2.47. The van der Waals surface area contributed by atoms with Gasteiger partial charge in [-0.15, -0.1) is 0 Å². The van der Waals surface area contributed by atoms with Crippen molar-refractivity contribution >= 4 is 45.8 Å². The van der Waals surface area contributed by atoms with Gasteiger partial charge in [0.15, 0.2) is 0 Å². The summed E-state index contributed by atoms with van der Waals surface area (Å²) in [5, 5.41) is 4.28. The molecule has 1 aromatic carbocycles. The Morgan fingerprint density at radius 2 is 1.83 bits per heavy atom. The number of rotatable bonds is 5. The highest BCUT2D eigenvalue weighted by Crippen LogP contribution is 2.32. The molecule has 1 N–H and O–H groups in total. The summed E-state index contributed by atoms with van der Waals surface area (Å²) >= 11 is 6.04. The molecular weight excluding hydrogens is 500 g/mol. The lowest BCUT2D eigenvalue weighted by molar-refractivity contribution is -0.139. The molecule has 0 radical (unpaired) electrons. The van der Waals surface area contributed by atoms with E-state index in [0.29, 0.717) is 43.6 Å². The molecule has 6 rings (SSSR count). The number of fused-ring (bicyclic) bond motifs is 1. The number of benzene rings is 1. The second-order valence-electron chi connectivity index (χ2n) is 9.81. The summed E-state index contributed by atoms with van der Waals surface area (Å²) in [6, 6.07) is 8.01. The lowest BCUT2D eigenvalue weighted by atomic mass is 10.2. The Kier molecular flexibility index (Phi) is 6.74. The molecule has 4 aliphatic heterocycles. The standard InChI is InChI=1S/C25H31ClN6O3S/c26-17-3-5-19(6-4-17)30-10-12-31(13-11-30)25-28-20-8-15-36(34)22(20)23(29-25)27-18-7-9-32(16-18)24(33)21-2-1-14-35-21/h3-6,18,21H,1-2,7-16H2,(H,27,28,29)/t18-,21-,36+/m0/s1. The third kappa shape index (κ3) is 4.78. The van der Waals surface area contributed by atoms with Crippen LogP contribution in [-0.2, 0) is 26.8 Å². The molecule has 3 fully saturated rings. The predicted octanol–water partition coefficient (Wildman–Crippen LogP) is 2.31. The van der Waals surface area contributed by atoms with Crippen LogP contribution in [0.3, 0.4) is 0 Å². The first-order chi connectivity index (χ1) is 17.5. The molecule has 2 aromatic rings. The maximum absolute atomic E-state index is 12.8. The molecule has 1 amide bonds. The second kappa shape index (κ2) is 10.1. The number of nitrogens with one attached hydrogen (secondary N) is 1. The summed E-state index contributed by atoms with van der Waals surface area (Å²) in [6.45, 7) is 5.31. The monoisotopic (exact) mass is 530 g/mol. The second-order valence-corrected chi connectivity index (χ2v) is 11.8. The number of anilines is 3. The van der Waals surface area contributed by atoms with Gasteiger partial charge in [-0.05, 0) is 43.5 Å². The molecule has 4 aliphatic rings. The summed E-state index contributed by atoms with van der Waals surface area (Å²) < 4.78 is 18.4. The minimum Gasteiger partial charge on any atom is -0.368 e. The number of aryl methyl sites for hydroxylation is 1. The normalized spacial score (nSPS) is 25.9. The van der Waals surface area contributed by atoms with Gasteiger partial charge in [-0.1, -0.05) is 11.6 Å². The van der Waals surface area contributed by atoms with Crippen LogP contribution in [0.4, 0.5) is 17.5 Å². The largest absolute Gasteiger partial charge is 0.368 e. The van der Waals surface area contributed by atoms with Gasteiger partial charge in [-0.3, -0.25) is 9.00 Å². The zero-order valence-corrected chi connectivity index (χ0v) is 21.8. The minimum absolute atomic E-state index is 0.0709. The first-order valence-electron chi connectivity index (χ1n) is 12.8. The Bertz CT molecular complexity index is 1150. The summed E-state index contributed by atoms with van der Waals surface area (Å²) in [4.78, 5) is 29.7. The van der Waals surface area contributed by atoms with E-state index in [1.54, 1.807) is 0 Å². The highest BCUT2D eigenvalue weighted by Gasteiger charge is 2.35. The molecule has 0 saturated carbocycles. The van der Waals surface area contributed by atoms with Gasteiger partial charge in [0, 0.05) is 74.8 Å². The molecule has 36 heavy (non-hydrogen) atoms. The smallest absolute Gasteiger partial charge is 0.251 e. The van der Waals surface area contributed by atoms with Crippen LogP contribution in [0.15, 0.2) is 29.2 Å². The topological polar surface area (TPSA) is 90.9 Å². The number of nitrogens with zero attached hydrogens (tertiary/aromatic N) is 5. The van der Waals surface area contributed by atoms with Crippen molar-refractivity contribution in [3.8, 4) is 0 Å². The maximum Gasteiger partial charge on any atom is 0.251 e. The summed E-state index contributed by atoms with van der Waals surface area (Å²) in [5.41, 5.74) is 2.04. The number of carbonyl (C=O) groups is 1. The number of piperazine rings is 1. The third-order valence-electron chi connectivity index (χ3n) is 7.48. The summed E-state index contributed by atoms with van der Waals surface area (Å²) in [6.07, 6.45) is 2.99. The number of amides is 1. The number of likely N-dealkylation sites (tertiary alicyclic amines) is 1. The zero-order valence-electron chi connectivity index (χ0n) is 20.2. The van der Waals surface area contributed by atoms with Crippen molar-refractivity contribution in [2.45, 2.75) is 42.7 Å². The SMILES string of the molecule is O=C([C@@H]1CCCO1)N1CC[C@H](Nc2nc(N3CCN(c4ccc(Cl)cc4)CC3)nc3c2[S@](=O)CC3)C1. The Morgan fingerprint density at radius 3 is 2.58 bits per heavy atom. The maximum atomic E-state index is 12.8. The number of hydrogen-bond acceptors (Lipinski definition) is 8. The fourth-order valence-corrected chi connectivity index (χ4v) is 6.93. The van der Waals surface area contributed by atoms with Gasteiger partial charge < -0.3 is 24.8 Å². The highest BCUT2D eigenvalue weighted by molar-refractivity contribution is 7.85. The van der Waals surface area contributed by atoms with Gasteiger partial charge in [-0.2, -0.15) is 4.98 Å². The molecule has 9 nitrogen and oxygen atoms in total. The molecule has 3 atom stereocenters. The molecule has 5 heterocycles. The van der Waals surface area contributed by atoms with Crippen LogP contribution in [-0.4, -0.2) is 88.8 Å². The number of hydrogen-bond donors (Lipinski definition) is 1. The van der Waals surface area contributed by atoms with E-state index in [2.05, 4.69) is 27.2 Å². The minimum atomic E-state index is -1.10. The van der Waals surface area contributed by atoms with Crippen molar-refractivity contribution in [2.24, 2.45) is 0 Å². The number of carbonyl (C=O) groups excluding carboxylic acids is 1. The Labute approximate surface area is 218 Å². The van der Waals surface area contributed by atoms with E-state index in [1.807, 2.05) is 17.0 Å². The van der Waals surface area contributed by atoms with E-state index in [0.717, 1.165) is 66.7 Å². The highest BCUT2D eigenvalue weighted by atomic mass is 35.5. The van der Waals surface area contributed by atoms with E-state index in [9.17, 15) is 9.00 Å². The molecule has 0 spiro atoms. The Hall–Kier alpha value is -2.43. The third-order valence-corrected chi connectivity index (χ3v) is 9.19. The van der Waals surface area contributed by atoms with Crippen LogP contribution in [0.25, 0.3) is 0 Å². The van der Waals surface area contributed by atoms with E-state index < -0.39 is 10.8 Å². The van der Waals surface area contributed by atoms with Gasteiger partial charge in [0.2, 0.25) is 5.95 Å².